The minimum atomic E-state index is 0.166. The normalized spacial score (nSPS) is 16.6. The summed E-state index contributed by atoms with van der Waals surface area (Å²) < 4.78 is 2.19. The molecule has 0 unspecified atom stereocenters. The summed E-state index contributed by atoms with van der Waals surface area (Å²) in [6.45, 7) is 11.7. The Balaban J connectivity index is 0.000000686. The zero-order valence-electron chi connectivity index (χ0n) is 11.8. The van der Waals surface area contributed by atoms with Crippen LogP contribution < -0.4 is 0 Å². The third kappa shape index (κ3) is 3.09. The fraction of sp³-hybridized carbons (Fsp3) is 0.786. The topological polar surface area (TPSA) is 38.0 Å². The van der Waals surface area contributed by atoms with Crippen LogP contribution in [0.25, 0.3) is 0 Å². The Hall–Kier alpha value is -0.830. The standard InChI is InChI=1S/C12H20N2O.C2H6/c1-9(2)11-10(3)14(8-13-11)6-12(7-15)4-5-12;1-2/h8-9,15H,4-7H2,1-3H3;1-2H3. The van der Waals surface area contributed by atoms with Crippen molar-refractivity contribution in [3.63, 3.8) is 0 Å². The van der Waals surface area contributed by atoms with Gasteiger partial charge >= 0.3 is 0 Å². The number of hydrogen-bond acceptors (Lipinski definition) is 2. The Labute approximate surface area is 105 Å². The van der Waals surface area contributed by atoms with E-state index in [1.54, 1.807) is 0 Å². The molecule has 0 spiro atoms. The monoisotopic (exact) mass is 238 g/mol. The van der Waals surface area contributed by atoms with Gasteiger partial charge in [-0.05, 0) is 25.7 Å². The third-order valence-corrected chi connectivity index (χ3v) is 3.48. The maximum Gasteiger partial charge on any atom is 0.0951 e. The van der Waals surface area contributed by atoms with Crippen molar-refractivity contribution >= 4 is 0 Å². The van der Waals surface area contributed by atoms with Gasteiger partial charge in [-0.2, -0.15) is 0 Å². The molecule has 1 heterocycles. The van der Waals surface area contributed by atoms with Gasteiger partial charge in [0.15, 0.2) is 0 Å². The van der Waals surface area contributed by atoms with E-state index < -0.39 is 0 Å². The molecule has 1 aliphatic carbocycles. The molecule has 1 saturated carbocycles. The first kappa shape index (κ1) is 14.2. The first-order valence-electron chi connectivity index (χ1n) is 6.70. The number of aliphatic hydroxyl groups is 1. The summed E-state index contributed by atoms with van der Waals surface area (Å²) >= 11 is 0. The van der Waals surface area contributed by atoms with E-state index in [0.29, 0.717) is 12.5 Å². The summed E-state index contributed by atoms with van der Waals surface area (Å²) in [4.78, 5) is 4.44. The summed E-state index contributed by atoms with van der Waals surface area (Å²) in [7, 11) is 0. The van der Waals surface area contributed by atoms with Crippen LogP contribution in [-0.4, -0.2) is 21.3 Å². The molecule has 0 radical (unpaired) electrons. The van der Waals surface area contributed by atoms with Crippen molar-refractivity contribution in [1.29, 1.82) is 0 Å². The van der Waals surface area contributed by atoms with E-state index in [0.717, 1.165) is 19.4 Å². The van der Waals surface area contributed by atoms with Crippen molar-refractivity contribution in [3.05, 3.63) is 17.7 Å². The van der Waals surface area contributed by atoms with Crippen molar-refractivity contribution < 1.29 is 5.11 Å². The largest absolute Gasteiger partial charge is 0.396 e. The van der Waals surface area contributed by atoms with Crippen LogP contribution in [0.3, 0.4) is 0 Å². The molecule has 3 heteroatoms. The van der Waals surface area contributed by atoms with Crippen LogP contribution in [0.2, 0.25) is 0 Å². The van der Waals surface area contributed by atoms with Crippen molar-refractivity contribution in [2.24, 2.45) is 5.41 Å². The van der Waals surface area contributed by atoms with E-state index in [1.807, 2.05) is 20.2 Å². The highest BCUT2D eigenvalue weighted by atomic mass is 16.3. The van der Waals surface area contributed by atoms with Crippen molar-refractivity contribution in [3.8, 4) is 0 Å². The van der Waals surface area contributed by atoms with Crippen LogP contribution in [-0.2, 0) is 6.54 Å². The lowest BCUT2D eigenvalue weighted by Crippen LogP contribution is -2.16. The van der Waals surface area contributed by atoms with Crippen LogP contribution in [0.5, 0.6) is 0 Å². The maximum atomic E-state index is 9.29. The maximum absolute atomic E-state index is 9.29. The quantitative estimate of drug-likeness (QED) is 0.875. The van der Waals surface area contributed by atoms with Crippen LogP contribution in [0.4, 0.5) is 0 Å². The zero-order valence-corrected chi connectivity index (χ0v) is 11.8. The molecular formula is C14H26N2O. The fourth-order valence-electron chi connectivity index (χ4n) is 2.09. The molecule has 3 nitrogen and oxygen atoms in total. The van der Waals surface area contributed by atoms with Gasteiger partial charge in [0, 0.05) is 17.7 Å². The second-order valence-electron chi connectivity index (χ2n) is 5.16. The predicted molar refractivity (Wildman–Crippen MR) is 71.2 cm³/mol. The van der Waals surface area contributed by atoms with E-state index in [2.05, 4.69) is 30.3 Å². The molecular weight excluding hydrogens is 212 g/mol. The summed E-state index contributed by atoms with van der Waals surface area (Å²) in [6, 6.07) is 0. The van der Waals surface area contributed by atoms with Gasteiger partial charge in [0.2, 0.25) is 0 Å². The van der Waals surface area contributed by atoms with Gasteiger partial charge in [-0.3, -0.25) is 0 Å². The van der Waals surface area contributed by atoms with E-state index >= 15 is 0 Å². The zero-order chi connectivity index (χ0) is 13.1. The van der Waals surface area contributed by atoms with Crippen molar-refractivity contribution in [2.75, 3.05) is 6.61 Å². The SMILES string of the molecule is CC.Cc1c(C(C)C)ncn1CC1(CO)CC1. The van der Waals surface area contributed by atoms with Crippen molar-refractivity contribution in [1.82, 2.24) is 9.55 Å². The lowest BCUT2D eigenvalue weighted by Gasteiger charge is -2.14. The van der Waals surface area contributed by atoms with Gasteiger partial charge in [-0.1, -0.05) is 27.7 Å². The Morgan fingerprint density at radius 2 is 2.00 bits per heavy atom. The van der Waals surface area contributed by atoms with Gasteiger partial charge in [0.05, 0.1) is 18.6 Å². The molecule has 1 aliphatic rings. The minimum absolute atomic E-state index is 0.166. The number of imidazole rings is 1. The van der Waals surface area contributed by atoms with Crippen LogP contribution >= 0.6 is 0 Å². The molecule has 17 heavy (non-hydrogen) atoms. The smallest absolute Gasteiger partial charge is 0.0951 e. The van der Waals surface area contributed by atoms with E-state index in [-0.39, 0.29) is 5.41 Å². The molecule has 0 saturated heterocycles. The fourth-order valence-corrected chi connectivity index (χ4v) is 2.09. The first-order chi connectivity index (χ1) is 8.08. The van der Waals surface area contributed by atoms with Gasteiger partial charge in [-0.15, -0.1) is 0 Å². The van der Waals surface area contributed by atoms with E-state index in [1.165, 1.54) is 11.4 Å². The van der Waals surface area contributed by atoms with Gasteiger partial charge < -0.3 is 9.67 Å². The van der Waals surface area contributed by atoms with E-state index in [4.69, 9.17) is 0 Å². The number of hydrogen-bond donors (Lipinski definition) is 1. The second-order valence-corrected chi connectivity index (χ2v) is 5.16. The average Bonchev–Trinajstić information content (AvgIpc) is 3.01. The highest BCUT2D eigenvalue weighted by molar-refractivity contribution is 5.15. The lowest BCUT2D eigenvalue weighted by atomic mass is 10.1. The second kappa shape index (κ2) is 5.67. The van der Waals surface area contributed by atoms with Crippen LogP contribution in [0.1, 0.15) is 57.8 Å². The molecule has 1 N–H and O–H groups in total. The summed E-state index contributed by atoms with van der Waals surface area (Å²) in [5, 5.41) is 9.29. The Bertz CT molecular complexity index is 351. The number of aromatic nitrogens is 2. The number of aliphatic hydroxyl groups excluding tert-OH is 1. The summed E-state index contributed by atoms with van der Waals surface area (Å²) in [6.07, 6.45) is 4.22. The van der Waals surface area contributed by atoms with E-state index in [9.17, 15) is 5.11 Å². The molecule has 1 fully saturated rings. The van der Waals surface area contributed by atoms with Gasteiger partial charge in [-0.25, -0.2) is 4.98 Å². The van der Waals surface area contributed by atoms with Gasteiger partial charge in [0.1, 0.15) is 0 Å². The Morgan fingerprint density at radius 1 is 1.41 bits per heavy atom. The molecule has 1 aromatic heterocycles. The Kier molecular flexibility index (Phi) is 4.75. The Morgan fingerprint density at radius 3 is 2.35 bits per heavy atom. The predicted octanol–water partition coefficient (Wildman–Crippen LogP) is 3.11. The molecule has 0 bridgehead atoms. The molecule has 0 amide bonds. The van der Waals surface area contributed by atoms with Crippen molar-refractivity contribution in [2.45, 2.75) is 59.9 Å². The number of nitrogens with zero attached hydrogens (tertiary/aromatic N) is 2. The lowest BCUT2D eigenvalue weighted by molar-refractivity contribution is 0.194. The van der Waals surface area contributed by atoms with Crippen LogP contribution in [0, 0.1) is 12.3 Å². The summed E-state index contributed by atoms with van der Waals surface area (Å²) in [5.41, 5.74) is 2.60. The highest BCUT2D eigenvalue weighted by Crippen LogP contribution is 2.46. The molecule has 0 atom stereocenters. The molecule has 1 aromatic rings. The highest BCUT2D eigenvalue weighted by Gasteiger charge is 2.42. The molecule has 2 rings (SSSR count). The average molecular weight is 238 g/mol. The number of rotatable bonds is 4. The van der Waals surface area contributed by atoms with Crippen LogP contribution in [0.15, 0.2) is 6.33 Å². The molecule has 0 aliphatic heterocycles. The molecule has 0 aromatic carbocycles. The minimum Gasteiger partial charge on any atom is -0.396 e. The first-order valence-corrected chi connectivity index (χ1v) is 6.70. The summed E-state index contributed by atoms with van der Waals surface area (Å²) in [5.74, 6) is 0.482. The third-order valence-electron chi connectivity index (χ3n) is 3.48. The van der Waals surface area contributed by atoms with Gasteiger partial charge in [0.25, 0.3) is 0 Å². The molecule has 98 valence electrons.